The lowest BCUT2D eigenvalue weighted by Crippen LogP contribution is -2.64. The number of hydrogen-bond acceptors (Lipinski definition) is 4. The summed E-state index contributed by atoms with van der Waals surface area (Å²) in [7, 11) is 0. The van der Waals surface area contributed by atoms with Gasteiger partial charge in [-0.05, 0) is 38.5 Å². The molecule has 136 valence electrons. The molecule has 2 atom stereocenters. The van der Waals surface area contributed by atoms with Crippen LogP contribution < -0.4 is 0 Å². The molecule has 0 N–H and O–H groups in total. The lowest BCUT2D eigenvalue weighted by molar-refractivity contribution is -0.189. The first-order chi connectivity index (χ1) is 11.5. The van der Waals surface area contributed by atoms with Crippen molar-refractivity contribution in [1.29, 1.82) is 0 Å². The van der Waals surface area contributed by atoms with E-state index in [2.05, 4.69) is 27.7 Å². The van der Waals surface area contributed by atoms with Gasteiger partial charge in [0.05, 0.1) is 24.0 Å². The summed E-state index contributed by atoms with van der Waals surface area (Å²) in [5.41, 5.74) is -1.91. The molecule has 0 aromatic carbocycles. The lowest BCUT2D eigenvalue weighted by Gasteiger charge is -2.58. The first-order valence-corrected chi connectivity index (χ1v) is 9.80. The van der Waals surface area contributed by atoms with Gasteiger partial charge >= 0.3 is 11.9 Å². The first-order valence-electron chi connectivity index (χ1n) is 9.80. The highest BCUT2D eigenvalue weighted by molar-refractivity contribution is 5.93. The normalized spacial score (nSPS) is 37.0. The van der Waals surface area contributed by atoms with Crippen LogP contribution in [-0.2, 0) is 19.1 Å². The van der Waals surface area contributed by atoms with E-state index >= 15 is 0 Å². The standard InChI is InChI=1S/C20H32O4/c1-5-17(6-2)13-23-15(21)19(17)11-9-10-12-20(19)16(22)24-14-18(20,7-3)8-4/h5-14H2,1-4H3. The third kappa shape index (κ3) is 1.65. The third-order valence-corrected chi connectivity index (χ3v) is 8.26. The second-order valence-corrected chi connectivity index (χ2v) is 8.14. The molecule has 2 heterocycles. The summed E-state index contributed by atoms with van der Waals surface area (Å²) < 4.78 is 11.4. The lowest BCUT2D eigenvalue weighted by atomic mass is 9.39. The quantitative estimate of drug-likeness (QED) is 0.720. The van der Waals surface area contributed by atoms with E-state index < -0.39 is 10.8 Å². The fourth-order valence-electron chi connectivity index (χ4n) is 6.64. The zero-order valence-corrected chi connectivity index (χ0v) is 15.7. The van der Waals surface area contributed by atoms with E-state index in [9.17, 15) is 9.59 Å². The van der Waals surface area contributed by atoms with Crippen molar-refractivity contribution in [2.24, 2.45) is 21.7 Å². The minimum Gasteiger partial charge on any atom is -0.465 e. The highest BCUT2D eigenvalue weighted by Gasteiger charge is 2.80. The Kier molecular flexibility index (Phi) is 4.25. The molecule has 4 nitrogen and oxygen atoms in total. The van der Waals surface area contributed by atoms with Crippen LogP contribution in [0.5, 0.6) is 0 Å². The Morgan fingerprint density at radius 2 is 1.04 bits per heavy atom. The van der Waals surface area contributed by atoms with Gasteiger partial charge in [-0.2, -0.15) is 0 Å². The van der Waals surface area contributed by atoms with Crippen molar-refractivity contribution in [3.05, 3.63) is 0 Å². The van der Waals surface area contributed by atoms with E-state index in [0.29, 0.717) is 13.2 Å². The SMILES string of the molecule is CCC1(CC)COC(=O)C12CCCCC21C(=O)OCC1(CC)CC. The van der Waals surface area contributed by atoms with Crippen LogP contribution in [0.25, 0.3) is 0 Å². The molecule has 0 aromatic rings. The van der Waals surface area contributed by atoms with Crippen LogP contribution >= 0.6 is 0 Å². The Morgan fingerprint density at radius 3 is 1.33 bits per heavy atom. The van der Waals surface area contributed by atoms with E-state index in [4.69, 9.17) is 9.47 Å². The average Bonchev–Trinajstić information content (AvgIpc) is 3.05. The van der Waals surface area contributed by atoms with E-state index in [1.165, 1.54) is 0 Å². The van der Waals surface area contributed by atoms with Gasteiger partial charge in [-0.3, -0.25) is 9.59 Å². The van der Waals surface area contributed by atoms with Gasteiger partial charge < -0.3 is 9.47 Å². The van der Waals surface area contributed by atoms with Gasteiger partial charge in [0.2, 0.25) is 0 Å². The van der Waals surface area contributed by atoms with Crippen molar-refractivity contribution in [1.82, 2.24) is 0 Å². The third-order valence-electron chi connectivity index (χ3n) is 8.26. The molecule has 2 unspecified atom stereocenters. The summed E-state index contributed by atoms with van der Waals surface area (Å²) in [6.45, 7) is 9.50. The number of fused-ring (bicyclic) bond motifs is 1. The number of cyclic esters (lactones) is 2. The number of rotatable bonds is 4. The number of esters is 2. The number of hydrogen-bond donors (Lipinski definition) is 0. The van der Waals surface area contributed by atoms with Crippen molar-refractivity contribution in [2.45, 2.75) is 79.1 Å². The van der Waals surface area contributed by atoms with Crippen molar-refractivity contribution in [2.75, 3.05) is 13.2 Å². The van der Waals surface area contributed by atoms with Gasteiger partial charge in [-0.25, -0.2) is 0 Å². The summed E-state index contributed by atoms with van der Waals surface area (Å²) in [6.07, 6.45) is 7.00. The maximum absolute atomic E-state index is 13.3. The maximum Gasteiger partial charge on any atom is 0.313 e. The molecule has 4 heteroatoms. The fraction of sp³-hybridized carbons (Fsp3) is 0.900. The molecule has 2 aliphatic heterocycles. The van der Waals surface area contributed by atoms with E-state index in [0.717, 1.165) is 51.4 Å². The molecule has 0 bridgehead atoms. The Bertz CT molecular complexity index is 484. The number of ether oxygens (including phenoxy) is 2. The highest BCUT2D eigenvalue weighted by atomic mass is 16.6. The van der Waals surface area contributed by atoms with Crippen LogP contribution in [0.1, 0.15) is 79.1 Å². The first kappa shape index (κ1) is 17.8. The van der Waals surface area contributed by atoms with Crippen LogP contribution in [0.4, 0.5) is 0 Å². The Labute approximate surface area is 145 Å². The predicted octanol–water partition coefficient (Wildman–Crippen LogP) is 4.26. The molecule has 2 saturated heterocycles. The van der Waals surface area contributed by atoms with Crippen LogP contribution in [-0.4, -0.2) is 25.2 Å². The average molecular weight is 336 g/mol. The van der Waals surface area contributed by atoms with Crippen molar-refractivity contribution < 1.29 is 19.1 Å². The number of carbonyl (C=O) groups is 2. The summed E-state index contributed by atoms with van der Waals surface area (Å²) >= 11 is 0. The Balaban J connectivity index is 2.31. The van der Waals surface area contributed by atoms with Gasteiger partial charge in [0.25, 0.3) is 0 Å². The Morgan fingerprint density at radius 1 is 0.708 bits per heavy atom. The van der Waals surface area contributed by atoms with E-state index in [1.54, 1.807) is 0 Å². The molecule has 0 aromatic heterocycles. The largest absolute Gasteiger partial charge is 0.465 e. The summed E-state index contributed by atoms with van der Waals surface area (Å²) in [4.78, 5) is 26.6. The van der Waals surface area contributed by atoms with Gasteiger partial charge in [0.15, 0.2) is 0 Å². The second kappa shape index (κ2) is 5.74. The van der Waals surface area contributed by atoms with Crippen LogP contribution in [0, 0.1) is 21.7 Å². The van der Waals surface area contributed by atoms with Gasteiger partial charge in [0, 0.05) is 10.8 Å². The fourth-order valence-corrected chi connectivity index (χ4v) is 6.64. The number of carbonyl (C=O) groups excluding carboxylic acids is 2. The molecule has 24 heavy (non-hydrogen) atoms. The van der Waals surface area contributed by atoms with Crippen molar-refractivity contribution in [3.8, 4) is 0 Å². The van der Waals surface area contributed by atoms with Crippen LogP contribution in [0.3, 0.4) is 0 Å². The zero-order chi connectivity index (χ0) is 17.6. The molecule has 3 fully saturated rings. The van der Waals surface area contributed by atoms with Gasteiger partial charge in [-0.15, -0.1) is 0 Å². The Hall–Kier alpha value is -1.06. The zero-order valence-electron chi connectivity index (χ0n) is 15.7. The van der Waals surface area contributed by atoms with Gasteiger partial charge in [-0.1, -0.05) is 40.5 Å². The molecule has 1 saturated carbocycles. The summed E-state index contributed by atoms with van der Waals surface area (Å²) in [6, 6.07) is 0. The molecular weight excluding hydrogens is 304 g/mol. The van der Waals surface area contributed by atoms with Crippen LogP contribution in [0.15, 0.2) is 0 Å². The molecule has 0 radical (unpaired) electrons. The summed E-state index contributed by atoms with van der Waals surface area (Å²) in [5, 5.41) is 0. The minimum atomic E-state index is -0.707. The monoisotopic (exact) mass is 336 g/mol. The molecule has 0 amide bonds. The maximum atomic E-state index is 13.3. The predicted molar refractivity (Wildman–Crippen MR) is 91.3 cm³/mol. The smallest absolute Gasteiger partial charge is 0.313 e. The minimum absolute atomic E-state index is 0.129. The molecule has 2 spiro atoms. The molecule has 3 rings (SSSR count). The topological polar surface area (TPSA) is 52.6 Å². The highest BCUT2D eigenvalue weighted by Crippen LogP contribution is 2.74. The molecular formula is C20H32O4. The van der Waals surface area contributed by atoms with Crippen molar-refractivity contribution >= 4 is 11.9 Å². The second-order valence-electron chi connectivity index (χ2n) is 8.14. The van der Waals surface area contributed by atoms with E-state index in [1.807, 2.05) is 0 Å². The van der Waals surface area contributed by atoms with Crippen molar-refractivity contribution in [3.63, 3.8) is 0 Å². The van der Waals surface area contributed by atoms with E-state index in [-0.39, 0.29) is 22.8 Å². The molecule has 1 aliphatic carbocycles. The molecule has 3 aliphatic rings. The summed E-state index contributed by atoms with van der Waals surface area (Å²) in [5.74, 6) is -0.257. The van der Waals surface area contributed by atoms with Crippen LogP contribution in [0.2, 0.25) is 0 Å². The van der Waals surface area contributed by atoms with Gasteiger partial charge in [0.1, 0.15) is 0 Å².